The summed E-state index contributed by atoms with van der Waals surface area (Å²) in [5.74, 6) is 1.14. The van der Waals surface area contributed by atoms with E-state index in [0.717, 1.165) is 12.8 Å². The number of carbonyl (C=O) groups excluding carboxylic acids is 1. The Hall–Kier alpha value is 0.150. The molecule has 1 nitrogen and oxygen atoms in total. The smallest absolute Gasteiger partial charge is 0.156 e. The van der Waals surface area contributed by atoms with E-state index in [1.54, 1.807) is 0 Å². The predicted molar refractivity (Wildman–Crippen MR) is 50.2 cm³/mol. The summed E-state index contributed by atoms with van der Waals surface area (Å²) in [4.78, 5) is 12.0. The number of carbonyl (C=O) groups is 1. The van der Waals surface area contributed by atoms with Gasteiger partial charge in [0.1, 0.15) is 0 Å². The number of rotatable bonds is 0. The van der Waals surface area contributed by atoms with Gasteiger partial charge in [-0.2, -0.15) is 0 Å². The van der Waals surface area contributed by atoms with Crippen LogP contribution in [0.1, 0.15) is 33.1 Å². The highest BCUT2D eigenvalue weighted by atomic mass is 79.9. The first-order valence-corrected chi connectivity index (χ1v) is 5.48. The summed E-state index contributed by atoms with van der Waals surface area (Å²) in [5, 5.41) is 0. The highest BCUT2D eigenvalue weighted by Crippen LogP contribution is 2.81. The molecule has 0 aromatic heterocycles. The fourth-order valence-electron chi connectivity index (χ4n) is 4.07. The quantitative estimate of drug-likeness (QED) is 0.583. The van der Waals surface area contributed by atoms with E-state index < -0.39 is 0 Å². The van der Waals surface area contributed by atoms with Crippen LogP contribution in [0.4, 0.5) is 0 Å². The number of halogens is 1. The number of ketones is 1. The Morgan fingerprint density at radius 3 is 2.50 bits per heavy atom. The summed E-state index contributed by atoms with van der Waals surface area (Å²) in [5.41, 5.74) is 0.356. The van der Waals surface area contributed by atoms with Crippen molar-refractivity contribution in [3.05, 3.63) is 0 Å². The molecule has 4 saturated carbocycles. The van der Waals surface area contributed by atoms with Crippen LogP contribution in [0.5, 0.6) is 0 Å². The summed E-state index contributed by atoms with van der Waals surface area (Å²) in [6.45, 7) is 4.47. The van der Waals surface area contributed by atoms with E-state index in [-0.39, 0.29) is 9.74 Å². The minimum Gasteiger partial charge on any atom is -0.297 e. The Labute approximate surface area is 81.0 Å². The molecule has 2 heteroatoms. The van der Waals surface area contributed by atoms with Gasteiger partial charge in [-0.05, 0) is 30.6 Å². The Morgan fingerprint density at radius 1 is 1.50 bits per heavy atom. The molecular weight excluding hydrogens is 216 g/mol. The monoisotopic (exact) mass is 228 g/mol. The van der Waals surface area contributed by atoms with Crippen LogP contribution in [-0.4, -0.2) is 10.1 Å². The molecular formula is C10H13BrO. The second kappa shape index (κ2) is 1.56. The Bertz CT molecular complexity index is 300. The van der Waals surface area contributed by atoms with Crippen molar-refractivity contribution in [3.63, 3.8) is 0 Å². The third-order valence-electron chi connectivity index (χ3n) is 5.02. The average Bonchev–Trinajstić information content (AvgIpc) is 2.30. The van der Waals surface area contributed by atoms with Gasteiger partial charge in [0.05, 0.1) is 4.32 Å². The molecule has 4 aliphatic rings. The molecule has 0 N–H and O–H groups in total. The summed E-state index contributed by atoms with van der Waals surface area (Å²) in [7, 11) is 0. The fraction of sp³-hybridized carbons (Fsp3) is 0.900. The first-order valence-electron chi connectivity index (χ1n) is 4.69. The molecule has 4 unspecified atom stereocenters. The lowest BCUT2D eigenvalue weighted by molar-refractivity contribution is -0.126. The molecule has 0 amide bonds. The minimum absolute atomic E-state index is 0.0150. The van der Waals surface area contributed by atoms with E-state index in [1.165, 1.54) is 6.42 Å². The SMILES string of the molecule is CC12CCC3C(Br)(CC31C)C2=O. The second-order valence-corrected chi connectivity index (χ2v) is 6.62. The molecule has 0 aromatic rings. The predicted octanol–water partition coefficient (Wildman–Crippen LogP) is 2.53. The Morgan fingerprint density at radius 2 is 2.17 bits per heavy atom. The van der Waals surface area contributed by atoms with Gasteiger partial charge in [0.25, 0.3) is 0 Å². The van der Waals surface area contributed by atoms with Crippen LogP contribution in [0, 0.1) is 16.7 Å². The maximum Gasteiger partial charge on any atom is 0.156 e. The lowest BCUT2D eigenvalue weighted by Crippen LogP contribution is -2.49. The molecule has 4 atom stereocenters. The lowest BCUT2D eigenvalue weighted by Gasteiger charge is -2.48. The van der Waals surface area contributed by atoms with Crippen LogP contribution in [0.2, 0.25) is 0 Å². The standard InChI is InChI=1S/C10H13BrO/c1-8-4-3-6-9(8,2)5-10(6,11)7(8)12/h6H,3-5H2,1-2H3. The van der Waals surface area contributed by atoms with Gasteiger partial charge < -0.3 is 0 Å². The fourth-order valence-corrected chi connectivity index (χ4v) is 5.82. The molecule has 0 radical (unpaired) electrons. The zero-order valence-electron chi connectivity index (χ0n) is 7.48. The van der Waals surface area contributed by atoms with E-state index in [2.05, 4.69) is 29.8 Å². The average molecular weight is 229 g/mol. The van der Waals surface area contributed by atoms with Crippen molar-refractivity contribution >= 4 is 21.7 Å². The summed E-state index contributed by atoms with van der Waals surface area (Å²) >= 11 is 3.65. The van der Waals surface area contributed by atoms with Gasteiger partial charge in [0, 0.05) is 5.41 Å². The highest BCUT2D eigenvalue weighted by molar-refractivity contribution is 9.10. The molecule has 0 saturated heterocycles. The molecule has 0 heterocycles. The minimum atomic E-state index is -0.0885. The molecule has 4 fully saturated rings. The van der Waals surface area contributed by atoms with Crippen LogP contribution in [-0.2, 0) is 4.79 Å². The highest BCUT2D eigenvalue weighted by Gasteiger charge is 2.82. The first-order chi connectivity index (χ1) is 5.45. The van der Waals surface area contributed by atoms with Crippen LogP contribution >= 0.6 is 15.9 Å². The Kier molecular flexibility index (Phi) is 0.980. The van der Waals surface area contributed by atoms with Crippen LogP contribution in [0.3, 0.4) is 0 Å². The Balaban J connectivity index is 2.24. The van der Waals surface area contributed by atoms with Gasteiger partial charge in [0.15, 0.2) is 5.78 Å². The van der Waals surface area contributed by atoms with Gasteiger partial charge in [0.2, 0.25) is 0 Å². The largest absolute Gasteiger partial charge is 0.297 e. The summed E-state index contributed by atoms with van der Waals surface area (Å²) in [6.07, 6.45) is 3.46. The lowest BCUT2D eigenvalue weighted by atomic mass is 9.60. The van der Waals surface area contributed by atoms with Crippen LogP contribution in [0.15, 0.2) is 0 Å². The third-order valence-corrected chi connectivity index (χ3v) is 6.21. The van der Waals surface area contributed by atoms with Crippen molar-refractivity contribution in [2.45, 2.75) is 37.4 Å². The van der Waals surface area contributed by atoms with Gasteiger partial charge in [-0.3, -0.25) is 4.79 Å². The van der Waals surface area contributed by atoms with E-state index >= 15 is 0 Å². The summed E-state index contributed by atoms with van der Waals surface area (Å²) in [6, 6.07) is 0. The van der Waals surface area contributed by atoms with Crippen molar-refractivity contribution < 1.29 is 4.79 Å². The second-order valence-electron chi connectivity index (χ2n) is 5.21. The van der Waals surface area contributed by atoms with E-state index in [9.17, 15) is 4.79 Å². The molecule has 4 bridgehead atoms. The molecule has 4 rings (SSSR count). The van der Waals surface area contributed by atoms with Crippen LogP contribution < -0.4 is 0 Å². The molecule has 66 valence electrons. The maximum absolute atomic E-state index is 12.0. The van der Waals surface area contributed by atoms with Gasteiger partial charge in [-0.1, -0.05) is 29.8 Å². The molecule has 0 aliphatic heterocycles. The van der Waals surface area contributed by atoms with E-state index in [1.807, 2.05) is 0 Å². The first kappa shape index (κ1) is 7.54. The number of alkyl halides is 1. The van der Waals surface area contributed by atoms with Crippen molar-refractivity contribution in [3.8, 4) is 0 Å². The molecule has 0 aromatic carbocycles. The maximum atomic E-state index is 12.0. The van der Waals surface area contributed by atoms with E-state index in [4.69, 9.17) is 0 Å². The van der Waals surface area contributed by atoms with Crippen molar-refractivity contribution in [1.29, 1.82) is 0 Å². The normalized spacial score (nSPS) is 66.9. The molecule has 12 heavy (non-hydrogen) atoms. The topological polar surface area (TPSA) is 17.1 Å². The van der Waals surface area contributed by atoms with Gasteiger partial charge in [-0.25, -0.2) is 0 Å². The molecule has 4 aliphatic carbocycles. The number of hydrogen-bond donors (Lipinski definition) is 0. The zero-order chi connectivity index (χ0) is 8.78. The third kappa shape index (κ3) is 0.417. The van der Waals surface area contributed by atoms with Crippen molar-refractivity contribution in [1.82, 2.24) is 0 Å². The molecule has 0 spiro atoms. The summed E-state index contributed by atoms with van der Waals surface area (Å²) < 4.78 is -0.0885. The van der Waals surface area contributed by atoms with Crippen molar-refractivity contribution in [2.24, 2.45) is 16.7 Å². The number of hydrogen-bond acceptors (Lipinski definition) is 1. The zero-order valence-corrected chi connectivity index (χ0v) is 9.07. The van der Waals surface area contributed by atoms with Crippen molar-refractivity contribution in [2.75, 3.05) is 0 Å². The number of Topliss-reactive ketones (excluding diaryl/α,β-unsaturated/α-hetero) is 1. The van der Waals surface area contributed by atoms with Gasteiger partial charge >= 0.3 is 0 Å². The van der Waals surface area contributed by atoms with E-state index in [0.29, 0.717) is 17.1 Å². The van der Waals surface area contributed by atoms with Crippen LogP contribution in [0.25, 0.3) is 0 Å². The van der Waals surface area contributed by atoms with Gasteiger partial charge in [-0.15, -0.1) is 0 Å².